The molecular formula is C13H24N4. The summed E-state index contributed by atoms with van der Waals surface area (Å²) in [7, 11) is 2.22. The van der Waals surface area contributed by atoms with Crippen molar-refractivity contribution in [2.24, 2.45) is 5.92 Å². The molecule has 1 unspecified atom stereocenters. The van der Waals surface area contributed by atoms with Crippen molar-refractivity contribution in [2.75, 3.05) is 26.7 Å². The third kappa shape index (κ3) is 3.82. The molecule has 2 heterocycles. The SMILES string of the molecule is CC(NCCC1CCN(C)CC1)c1ccn[nH]1. The van der Waals surface area contributed by atoms with Gasteiger partial charge in [0.15, 0.2) is 0 Å². The number of hydrogen-bond acceptors (Lipinski definition) is 3. The van der Waals surface area contributed by atoms with Crippen LogP contribution >= 0.6 is 0 Å². The van der Waals surface area contributed by atoms with Crippen molar-refractivity contribution in [3.05, 3.63) is 18.0 Å². The van der Waals surface area contributed by atoms with Crippen LogP contribution in [-0.4, -0.2) is 41.8 Å². The Morgan fingerprint density at radius 3 is 2.94 bits per heavy atom. The lowest BCUT2D eigenvalue weighted by Crippen LogP contribution is -2.32. The molecule has 1 aromatic heterocycles. The monoisotopic (exact) mass is 236 g/mol. The number of hydrogen-bond donors (Lipinski definition) is 2. The van der Waals surface area contributed by atoms with Crippen LogP contribution < -0.4 is 5.32 Å². The van der Waals surface area contributed by atoms with Crippen molar-refractivity contribution in [2.45, 2.75) is 32.2 Å². The van der Waals surface area contributed by atoms with Crippen LogP contribution in [0.2, 0.25) is 0 Å². The first kappa shape index (κ1) is 12.6. The molecule has 96 valence electrons. The van der Waals surface area contributed by atoms with Crippen LogP contribution in [0.3, 0.4) is 0 Å². The van der Waals surface area contributed by atoms with E-state index in [1.807, 2.05) is 12.3 Å². The maximum atomic E-state index is 3.98. The molecule has 1 aromatic rings. The number of rotatable bonds is 5. The number of aromatic nitrogens is 2. The lowest BCUT2D eigenvalue weighted by atomic mass is 9.94. The molecule has 0 radical (unpaired) electrons. The minimum Gasteiger partial charge on any atom is -0.309 e. The Morgan fingerprint density at radius 2 is 2.29 bits per heavy atom. The van der Waals surface area contributed by atoms with Crippen molar-refractivity contribution < 1.29 is 0 Å². The number of H-pyrrole nitrogens is 1. The van der Waals surface area contributed by atoms with E-state index in [0.29, 0.717) is 6.04 Å². The zero-order valence-corrected chi connectivity index (χ0v) is 10.9. The fourth-order valence-corrected chi connectivity index (χ4v) is 2.47. The Morgan fingerprint density at radius 1 is 1.53 bits per heavy atom. The molecule has 1 fully saturated rings. The molecule has 0 amide bonds. The van der Waals surface area contributed by atoms with E-state index >= 15 is 0 Å². The van der Waals surface area contributed by atoms with Gasteiger partial charge in [0, 0.05) is 12.2 Å². The van der Waals surface area contributed by atoms with E-state index < -0.39 is 0 Å². The van der Waals surface area contributed by atoms with E-state index in [2.05, 4.69) is 34.4 Å². The van der Waals surface area contributed by atoms with Gasteiger partial charge in [0.1, 0.15) is 0 Å². The summed E-state index contributed by atoms with van der Waals surface area (Å²) in [6, 6.07) is 2.41. The molecule has 4 heteroatoms. The quantitative estimate of drug-likeness (QED) is 0.819. The third-order valence-electron chi connectivity index (χ3n) is 3.83. The van der Waals surface area contributed by atoms with E-state index in [0.717, 1.165) is 12.5 Å². The molecule has 1 saturated heterocycles. The number of nitrogens with zero attached hydrogens (tertiary/aromatic N) is 2. The fourth-order valence-electron chi connectivity index (χ4n) is 2.47. The van der Waals surface area contributed by atoms with Gasteiger partial charge in [0.2, 0.25) is 0 Å². The number of nitrogens with one attached hydrogen (secondary N) is 2. The fraction of sp³-hybridized carbons (Fsp3) is 0.769. The predicted octanol–water partition coefficient (Wildman–Crippen LogP) is 1.79. The molecule has 2 rings (SSSR count). The Bertz CT molecular complexity index is 301. The van der Waals surface area contributed by atoms with Gasteiger partial charge in [-0.2, -0.15) is 5.10 Å². The van der Waals surface area contributed by atoms with Crippen LogP contribution in [0.15, 0.2) is 12.3 Å². The van der Waals surface area contributed by atoms with E-state index in [-0.39, 0.29) is 0 Å². The number of piperidine rings is 1. The number of aromatic amines is 1. The lowest BCUT2D eigenvalue weighted by molar-refractivity contribution is 0.210. The van der Waals surface area contributed by atoms with Crippen molar-refractivity contribution >= 4 is 0 Å². The summed E-state index contributed by atoms with van der Waals surface area (Å²) in [5.74, 6) is 0.910. The summed E-state index contributed by atoms with van der Waals surface area (Å²) in [5.41, 5.74) is 1.17. The lowest BCUT2D eigenvalue weighted by Gasteiger charge is -2.29. The van der Waals surface area contributed by atoms with Crippen LogP contribution in [0.25, 0.3) is 0 Å². The van der Waals surface area contributed by atoms with Gasteiger partial charge >= 0.3 is 0 Å². The Hall–Kier alpha value is -0.870. The standard InChI is InChI=1S/C13H24N4/c1-11(13-4-8-15-16-13)14-7-3-12-5-9-17(2)10-6-12/h4,8,11-12,14H,3,5-7,9-10H2,1-2H3,(H,15,16). The van der Waals surface area contributed by atoms with Gasteiger partial charge in [-0.1, -0.05) is 0 Å². The average molecular weight is 236 g/mol. The smallest absolute Gasteiger partial charge is 0.0518 e. The van der Waals surface area contributed by atoms with Crippen molar-refractivity contribution in [1.82, 2.24) is 20.4 Å². The summed E-state index contributed by atoms with van der Waals surface area (Å²) in [6.45, 7) is 5.82. The summed E-state index contributed by atoms with van der Waals surface area (Å²) in [4.78, 5) is 2.43. The molecule has 0 spiro atoms. The van der Waals surface area contributed by atoms with Crippen LogP contribution in [-0.2, 0) is 0 Å². The molecule has 0 aromatic carbocycles. The van der Waals surface area contributed by atoms with Gasteiger partial charge in [0.05, 0.1) is 5.69 Å². The summed E-state index contributed by atoms with van der Waals surface area (Å²) >= 11 is 0. The summed E-state index contributed by atoms with van der Waals surface area (Å²) in [5, 5.41) is 10.5. The zero-order valence-electron chi connectivity index (χ0n) is 10.9. The molecule has 0 bridgehead atoms. The molecule has 2 N–H and O–H groups in total. The molecule has 1 aliphatic rings. The molecule has 0 saturated carbocycles. The van der Waals surface area contributed by atoms with Gasteiger partial charge in [-0.25, -0.2) is 0 Å². The first-order chi connectivity index (χ1) is 8.25. The predicted molar refractivity (Wildman–Crippen MR) is 69.8 cm³/mol. The molecule has 0 aliphatic carbocycles. The molecule has 1 atom stereocenters. The Kier molecular flexibility index (Phi) is 4.57. The van der Waals surface area contributed by atoms with Gasteiger partial charge in [-0.05, 0) is 64.9 Å². The van der Waals surface area contributed by atoms with Gasteiger partial charge in [0.25, 0.3) is 0 Å². The van der Waals surface area contributed by atoms with Crippen molar-refractivity contribution in [3.63, 3.8) is 0 Å². The Balaban J connectivity index is 1.63. The highest BCUT2D eigenvalue weighted by atomic mass is 15.1. The second-order valence-corrected chi connectivity index (χ2v) is 5.22. The van der Waals surface area contributed by atoms with Crippen LogP contribution in [0.1, 0.15) is 37.9 Å². The molecule has 17 heavy (non-hydrogen) atoms. The Labute approximate surface area is 104 Å². The van der Waals surface area contributed by atoms with Crippen molar-refractivity contribution in [3.8, 4) is 0 Å². The molecule has 1 aliphatic heterocycles. The highest BCUT2D eigenvalue weighted by Gasteiger charge is 2.16. The van der Waals surface area contributed by atoms with E-state index in [1.54, 1.807) is 0 Å². The largest absolute Gasteiger partial charge is 0.309 e. The molecule has 4 nitrogen and oxygen atoms in total. The highest BCUT2D eigenvalue weighted by Crippen LogP contribution is 2.19. The normalized spacial score (nSPS) is 20.6. The second-order valence-electron chi connectivity index (χ2n) is 5.22. The summed E-state index contributed by atoms with van der Waals surface area (Å²) < 4.78 is 0. The van der Waals surface area contributed by atoms with Crippen LogP contribution in [0, 0.1) is 5.92 Å². The van der Waals surface area contributed by atoms with Crippen LogP contribution in [0.4, 0.5) is 0 Å². The topological polar surface area (TPSA) is 44.0 Å². The highest BCUT2D eigenvalue weighted by molar-refractivity contribution is 5.02. The van der Waals surface area contributed by atoms with E-state index in [1.165, 1.54) is 38.0 Å². The van der Waals surface area contributed by atoms with Crippen LogP contribution in [0.5, 0.6) is 0 Å². The summed E-state index contributed by atoms with van der Waals surface area (Å²) in [6.07, 6.45) is 5.82. The maximum Gasteiger partial charge on any atom is 0.0518 e. The van der Waals surface area contributed by atoms with Gasteiger partial charge in [-0.15, -0.1) is 0 Å². The number of likely N-dealkylation sites (tertiary alicyclic amines) is 1. The first-order valence-electron chi connectivity index (χ1n) is 6.67. The van der Waals surface area contributed by atoms with Gasteiger partial charge in [-0.3, -0.25) is 5.10 Å². The molecular weight excluding hydrogens is 212 g/mol. The van der Waals surface area contributed by atoms with E-state index in [4.69, 9.17) is 0 Å². The second kappa shape index (κ2) is 6.17. The first-order valence-corrected chi connectivity index (χ1v) is 6.67. The van der Waals surface area contributed by atoms with E-state index in [9.17, 15) is 0 Å². The minimum atomic E-state index is 0.378. The third-order valence-corrected chi connectivity index (χ3v) is 3.83. The zero-order chi connectivity index (χ0) is 12.1. The van der Waals surface area contributed by atoms with Gasteiger partial charge < -0.3 is 10.2 Å². The average Bonchev–Trinajstić information content (AvgIpc) is 2.85. The maximum absolute atomic E-state index is 3.98. The minimum absolute atomic E-state index is 0.378. The van der Waals surface area contributed by atoms with Crippen molar-refractivity contribution in [1.29, 1.82) is 0 Å².